The molecule has 0 radical (unpaired) electrons. The van der Waals surface area contributed by atoms with Gasteiger partial charge in [-0.05, 0) is 31.2 Å². The molecule has 1 aliphatic rings. The number of amides is 2. The van der Waals surface area contributed by atoms with E-state index in [0.717, 1.165) is 0 Å². The summed E-state index contributed by atoms with van der Waals surface area (Å²) >= 11 is 0. The molecule has 154 valence electrons. The van der Waals surface area contributed by atoms with Crippen LogP contribution >= 0.6 is 0 Å². The van der Waals surface area contributed by atoms with Gasteiger partial charge in [-0.1, -0.05) is 18.2 Å². The van der Waals surface area contributed by atoms with Gasteiger partial charge >= 0.3 is 0 Å². The van der Waals surface area contributed by atoms with Gasteiger partial charge in [0.05, 0.1) is 21.3 Å². The van der Waals surface area contributed by atoms with E-state index in [1.165, 1.54) is 21.3 Å². The van der Waals surface area contributed by atoms with E-state index in [2.05, 4.69) is 0 Å². The minimum atomic E-state index is -0.136. The predicted octanol–water partition coefficient (Wildman–Crippen LogP) is 2.70. The van der Waals surface area contributed by atoms with Crippen LogP contribution in [-0.2, 0) is 0 Å². The van der Waals surface area contributed by atoms with Gasteiger partial charge in [0.1, 0.15) is 0 Å². The van der Waals surface area contributed by atoms with Crippen LogP contribution in [0, 0.1) is 0 Å². The molecule has 29 heavy (non-hydrogen) atoms. The van der Waals surface area contributed by atoms with Gasteiger partial charge in [0.25, 0.3) is 11.8 Å². The highest BCUT2D eigenvalue weighted by Crippen LogP contribution is 2.38. The first-order valence-electron chi connectivity index (χ1n) is 9.45. The third-order valence-corrected chi connectivity index (χ3v) is 5.11. The fourth-order valence-electron chi connectivity index (χ4n) is 3.58. The normalized spacial score (nSPS) is 16.3. The van der Waals surface area contributed by atoms with Crippen molar-refractivity contribution in [3.63, 3.8) is 0 Å². The van der Waals surface area contributed by atoms with Crippen LogP contribution in [0.2, 0.25) is 0 Å². The van der Waals surface area contributed by atoms with E-state index >= 15 is 0 Å². The maximum Gasteiger partial charge on any atom is 0.254 e. The van der Waals surface area contributed by atoms with E-state index in [1.54, 1.807) is 34.1 Å². The average Bonchev–Trinajstić information content (AvgIpc) is 2.77. The molecule has 0 saturated carbocycles. The lowest BCUT2D eigenvalue weighted by molar-refractivity contribution is 0.0414. The first kappa shape index (κ1) is 20.5. The maximum absolute atomic E-state index is 13.2. The third kappa shape index (κ3) is 4.13. The molecule has 0 aromatic heterocycles. The molecule has 1 fully saturated rings. The number of piperazine rings is 1. The Hall–Kier alpha value is -3.22. The smallest absolute Gasteiger partial charge is 0.254 e. The Morgan fingerprint density at radius 2 is 1.48 bits per heavy atom. The first-order chi connectivity index (χ1) is 14.0. The Labute approximate surface area is 170 Å². The second kappa shape index (κ2) is 8.86. The van der Waals surface area contributed by atoms with E-state index < -0.39 is 0 Å². The van der Waals surface area contributed by atoms with E-state index in [-0.39, 0.29) is 17.9 Å². The van der Waals surface area contributed by atoms with Crippen molar-refractivity contribution in [2.45, 2.75) is 13.0 Å². The first-order valence-corrected chi connectivity index (χ1v) is 9.45. The molecule has 0 unspecified atom stereocenters. The van der Waals surface area contributed by atoms with Gasteiger partial charge in [-0.25, -0.2) is 0 Å². The van der Waals surface area contributed by atoms with Crippen LogP contribution in [-0.4, -0.2) is 68.6 Å². The Morgan fingerprint density at radius 1 is 0.862 bits per heavy atom. The maximum atomic E-state index is 13.2. The number of hydrogen-bond donors (Lipinski definition) is 0. The number of rotatable bonds is 5. The summed E-state index contributed by atoms with van der Waals surface area (Å²) in [6.45, 7) is 3.35. The summed E-state index contributed by atoms with van der Waals surface area (Å²) in [6.07, 6.45) is 0. The predicted molar refractivity (Wildman–Crippen MR) is 109 cm³/mol. The zero-order valence-corrected chi connectivity index (χ0v) is 17.2. The number of hydrogen-bond acceptors (Lipinski definition) is 5. The average molecular weight is 398 g/mol. The molecule has 7 heteroatoms. The van der Waals surface area contributed by atoms with Crippen molar-refractivity contribution in [2.75, 3.05) is 41.0 Å². The number of carbonyl (C=O) groups is 2. The van der Waals surface area contributed by atoms with Crippen molar-refractivity contribution < 1.29 is 23.8 Å². The van der Waals surface area contributed by atoms with E-state index in [0.29, 0.717) is 48.0 Å². The molecule has 0 N–H and O–H groups in total. The van der Waals surface area contributed by atoms with Crippen molar-refractivity contribution in [2.24, 2.45) is 0 Å². The zero-order valence-electron chi connectivity index (χ0n) is 17.2. The van der Waals surface area contributed by atoms with Gasteiger partial charge in [0, 0.05) is 36.8 Å². The molecular formula is C22H26N2O5. The van der Waals surface area contributed by atoms with Gasteiger partial charge in [-0.15, -0.1) is 0 Å². The summed E-state index contributed by atoms with van der Waals surface area (Å²) in [5.74, 6) is 1.15. The minimum absolute atomic E-state index is 0.0164. The van der Waals surface area contributed by atoms with Crippen molar-refractivity contribution in [3.8, 4) is 17.2 Å². The molecule has 3 rings (SSSR count). The largest absolute Gasteiger partial charge is 0.493 e. The second-order valence-corrected chi connectivity index (χ2v) is 6.88. The number of carbonyl (C=O) groups excluding carboxylic acids is 2. The van der Waals surface area contributed by atoms with E-state index in [4.69, 9.17) is 14.2 Å². The Bertz CT molecular complexity index is 859. The monoisotopic (exact) mass is 398 g/mol. The molecule has 1 heterocycles. The fourth-order valence-corrected chi connectivity index (χ4v) is 3.58. The SMILES string of the molecule is COc1cc(C(=O)N2CCN(C(=O)c3ccccc3)C[C@H]2C)cc(OC)c1OC. The van der Waals surface area contributed by atoms with Gasteiger partial charge in [0.2, 0.25) is 5.75 Å². The van der Waals surface area contributed by atoms with Crippen molar-refractivity contribution in [1.29, 1.82) is 0 Å². The molecule has 7 nitrogen and oxygen atoms in total. The van der Waals surface area contributed by atoms with E-state index in [9.17, 15) is 9.59 Å². The lowest BCUT2D eigenvalue weighted by Crippen LogP contribution is -2.55. The van der Waals surface area contributed by atoms with Crippen LogP contribution in [0.3, 0.4) is 0 Å². The van der Waals surface area contributed by atoms with Gasteiger partial charge in [0.15, 0.2) is 11.5 Å². The standard InChI is InChI=1S/C22H26N2O5/c1-15-14-23(21(25)16-8-6-5-7-9-16)10-11-24(15)22(26)17-12-18(27-2)20(29-4)19(13-17)28-3/h5-9,12-13,15H,10-11,14H2,1-4H3/t15-/m1/s1. The number of methoxy groups -OCH3 is 3. The van der Waals surface area contributed by atoms with Crippen molar-refractivity contribution in [1.82, 2.24) is 9.80 Å². The third-order valence-electron chi connectivity index (χ3n) is 5.11. The lowest BCUT2D eigenvalue weighted by Gasteiger charge is -2.40. The highest BCUT2D eigenvalue weighted by molar-refractivity contribution is 5.97. The van der Waals surface area contributed by atoms with Gasteiger partial charge in [-0.3, -0.25) is 9.59 Å². The van der Waals surface area contributed by atoms with Crippen LogP contribution in [0.25, 0.3) is 0 Å². The van der Waals surface area contributed by atoms with E-state index in [1.807, 2.05) is 25.1 Å². The summed E-state index contributed by atoms with van der Waals surface area (Å²) in [7, 11) is 4.55. The summed E-state index contributed by atoms with van der Waals surface area (Å²) in [5.41, 5.74) is 1.11. The summed E-state index contributed by atoms with van der Waals surface area (Å²) in [6, 6.07) is 12.4. The highest BCUT2D eigenvalue weighted by Gasteiger charge is 2.31. The van der Waals surface area contributed by atoms with Crippen LogP contribution < -0.4 is 14.2 Å². The van der Waals surface area contributed by atoms with Crippen LogP contribution in [0.1, 0.15) is 27.6 Å². The molecule has 2 aromatic carbocycles. The lowest BCUT2D eigenvalue weighted by atomic mass is 10.1. The number of nitrogens with zero attached hydrogens (tertiary/aromatic N) is 2. The number of ether oxygens (including phenoxy) is 3. The summed E-state index contributed by atoms with van der Waals surface area (Å²) < 4.78 is 16.0. The van der Waals surface area contributed by atoms with Crippen LogP contribution in [0.15, 0.2) is 42.5 Å². The molecular weight excluding hydrogens is 372 g/mol. The molecule has 1 aliphatic heterocycles. The second-order valence-electron chi connectivity index (χ2n) is 6.88. The van der Waals surface area contributed by atoms with Crippen LogP contribution in [0.5, 0.6) is 17.2 Å². The van der Waals surface area contributed by atoms with Gasteiger partial charge < -0.3 is 24.0 Å². The molecule has 1 atom stereocenters. The van der Waals surface area contributed by atoms with Crippen molar-refractivity contribution >= 4 is 11.8 Å². The topological polar surface area (TPSA) is 68.3 Å². The Balaban J connectivity index is 1.77. The minimum Gasteiger partial charge on any atom is -0.493 e. The Morgan fingerprint density at radius 3 is 2.00 bits per heavy atom. The number of benzene rings is 2. The van der Waals surface area contributed by atoms with Crippen molar-refractivity contribution in [3.05, 3.63) is 53.6 Å². The zero-order chi connectivity index (χ0) is 21.0. The molecule has 0 bridgehead atoms. The summed E-state index contributed by atoms with van der Waals surface area (Å²) in [5, 5.41) is 0. The van der Waals surface area contributed by atoms with Gasteiger partial charge in [-0.2, -0.15) is 0 Å². The molecule has 2 aromatic rings. The quantitative estimate of drug-likeness (QED) is 0.775. The molecule has 0 spiro atoms. The fraction of sp³-hybridized carbons (Fsp3) is 0.364. The Kier molecular flexibility index (Phi) is 6.26. The molecule has 1 saturated heterocycles. The van der Waals surface area contributed by atoms with Crippen LogP contribution in [0.4, 0.5) is 0 Å². The highest BCUT2D eigenvalue weighted by atomic mass is 16.5. The molecule has 2 amide bonds. The summed E-state index contributed by atoms with van der Waals surface area (Å²) in [4.78, 5) is 29.4. The molecule has 0 aliphatic carbocycles.